The first-order valence-corrected chi connectivity index (χ1v) is 4.10. The Bertz CT molecular complexity index is 163. The molecule has 64 valence electrons. The van der Waals surface area contributed by atoms with Gasteiger partial charge in [0.1, 0.15) is 0 Å². The molecule has 11 heavy (non-hydrogen) atoms. The van der Waals surface area contributed by atoms with Crippen molar-refractivity contribution in [1.29, 1.82) is 0 Å². The second-order valence-electron chi connectivity index (χ2n) is 4.10. The third-order valence-corrected chi connectivity index (χ3v) is 3.03. The van der Waals surface area contributed by atoms with Gasteiger partial charge < -0.3 is 5.32 Å². The third-order valence-electron chi connectivity index (χ3n) is 3.03. The Balaban J connectivity index is 1.83. The van der Waals surface area contributed by atoms with Crippen LogP contribution in [0.2, 0.25) is 0 Å². The molecule has 0 heterocycles. The fourth-order valence-electron chi connectivity index (χ4n) is 2.52. The van der Waals surface area contributed by atoms with Crippen LogP contribution in [0.25, 0.3) is 0 Å². The lowest BCUT2D eigenvalue weighted by atomic mass is 9.52. The lowest BCUT2D eigenvalue weighted by Gasteiger charge is -2.57. The zero-order valence-electron chi connectivity index (χ0n) is 6.66. The molecule has 2 fully saturated rings. The molecule has 2 saturated carbocycles. The van der Waals surface area contributed by atoms with Crippen molar-refractivity contribution in [2.75, 3.05) is 7.05 Å². The molecule has 3 heteroatoms. The molecule has 0 aliphatic heterocycles. The molecule has 0 atom stereocenters. The topological polar surface area (TPSA) is 12.0 Å². The highest BCUT2D eigenvalue weighted by atomic mass is 19.3. The van der Waals surface area contributed by atoms with Gasteiger partial charge in [-0.1, -0.05) is 0 Å². The molecule has 0 saturated heterocycles. The highest BCUT2D eigenvalue weighted by Gasteiger charge is 2.61. The van der Waals surface area contributed by atoms with Gasteiger partial charge in [0.25, 0.3) is 0 Å². The third kappa shape index (κ3) is 1.06. The van der Waals surface area contributed by atoms with Crippen molar-refractivity contribution in [3.8, 4) is 0 Å². The summed E-state index contributed by atoms with van der Waals surface area (Å²) in [6.45, 7) is 0. The molecular formula is C8H13F2N. The van der Waals surface area contributed by atoms with E-state index in [1.807, 2.05) is 7.05 Å². The van der Waals surface area contributed by atoms with E-state index in [-0.39, 0.29) is 18.3 Å². The predicted molar refractivity (Wildman–Crippen MR) is 38.7 cm³/mol. The van der Waals surface area contributed by atoms with Crippen LogP contribution in [-0.2, 0) is 0 Å². The van der Waals surface area contributed by atoms with Gasteiger partial charge in [-0.3, -0.25) is 0 Å². The lowest BCUT2D eigenvalue weighted by Crippen LogP contribution is -2.58. The fraction of sp³-hybridized carbons (Fsp3) is 1.00. The summed E-state index contributed by atoms with van der Waals surface area (Å²) in [6.07, 6.45) is 2.19. The molecule has 2 aliphatic rings. The van der Waals surface area contributed by atoms with Crippen LogP contribution in [-0.4, -0.2) is 19.0 Å². The maximum absolute atomic E-state index is 12.5. The Morgan fingerprint density at radius 1 is 1.27 bits per heavy atom. The monoisotopic (exact) mass is 161 g/mol. The van der Waals surface area contributed by atoms with Crippen LogP contribution in [0.4, 0.5) is 8.78 Å². The van der Waals surface area contributed by atoms with Crippen molar-refractivity contribution in [2.45, 2.75) is 37.6 Å². The summed E-state index contributed by atoms with van der Waals surface area (Å²) in [4.78, 5) is 0. The van der Waals surface area contributed by atoms with E-state index in [0.29, 0.717) is 6.04 Å². The molecule has 0 unspecified atom stereocenters. The molecule has 1 spiro atoms. The second-order valence-corrected chi connectivity index (χ2v) is 4.10. The SMILES string of the molecule is CNC1CC2(C1)CC(F)(F)C2. The van der Waals surface area contributed by atoms with Gasteiger partial charge in [-0.15, -0.1) is 0 Å². The zero-order valence-corrected chi connectivity index (χ0v) is 6.66. The van der Waals surface area contributed by atoms with Gasteiger partial charge in [-0.25, -0.2) is 8.78 Å². The number of hydrogen-bond acceptors (Lipinski definition) is 1. The Labute approximate surface area is 65.2 Å². The van der Waals surface area contributed by atoms with Gasteiger partial charge in [-0.2, -0.15) is 0 Å². The molecule has 0 aromatic carbocycles. The molecule has 0 radical (unpaired) electrons. The highest BCUT2D eigenvalue weighted by Crippen LogP contribution is 2.62. The normalized spacial score (nSPS) is 33.0. The van der Waals surface area contributed by atoms with Crippen LogP contribution in [0.5, 0.6) is 0 Å². The maximum atomic E-state index is 12.5. The highest BCUT2D eigenvalue weighted by molar-refractivity contribution is 5.08. The van der Waals surface area contributed by atoms with E-state index in [9.17, 15) is 8.78 Å². The summed E-state index contributed by atoms with van der Waals surface area (Å²) in [6, 6.07) is 0.506. The Morgan fingerprint density at radius 3 is 2.18 bits per heavy atom. The van der Waals surface area contributed by atoms with Crippen LogP contribution in [0, 0.1) is 5.41 Å². The number of rotatable bonds is 1. The Morgan fingerprint density at radius 2 is 1.82 bits per heavy atom. The Hall–Kier alpha value is -0.180. The number of halogens is 2. The van der Waals surface area contributed by atoms with Crippen molar-refractivity contribution < 1.29 is 8.78 Å². The van der Waals surface area contributed by atoms with E-state index in [0.717, 1.165) is 12.8 Å². The minimum absolute atomic E-state index is 0.0389. The van der Waals surface area contributed by atoms with E-state index in [4.69, 9.17) is 0 Å². The van der Waals surface area contributed by atoms with Crippen molar-refractivity contribution >= 4 is 0 Å². The van der Waals surface area contributed by atoms with E-state index in [2.05, 4.69) is 5.32 Å². The molecule has 1 N–H and O–H groups in total. The van der Waals surface area contributed by atoms with Crippen molar-refractivity contribution in [2.24, 2.45) is 5.41 Å². The number of nitrogens with one attached hydrogen (secondary N) is 1. The van der Waals surface area contributed by atoms with E-state index >= 15 is 0 Å². The summed E-state index contributed by atoms with van der Waals surface area (Å²) in [5.74, 6) is -2.33. The first-order valence-electron chi connectivity index (χ1n) is 4.10. The molecular weight excluding hydrogens is 148 g/mol. The number of hydrogen-bond donors (Lipinski definition) is 1. The van der Waals surface area contributed by atoms with Gasteiger partial charge in [0.2, 0.25) is 5.92 Å². The average molecular weight is 161 g/mol. The molecule has 2 rings (SSSR count). The van der Waals surface area contributed by atoms with E-state index in [1.165, 1.54) is 0 Å². The van der Waals surface area contributed by atoms with Gasteiger partial charge in [-0.05, 0) is 25.3 Å². The van der Waals surface area contributed by atoms with Crippen LogP contribution >= 0.6 is 0 Å². The number of alkyl halides is 2. The second kappa shape index (κ2) is 1.94. The molecule has 1 nitrogen and oxygen atoms in total. The zero-order chi connectivity index (χ0) is 8.11. The minimum Gasteiger partial charge on any atom is -0.317 e. The quantitative estimate of drug-likeness (QED) is 0.618. The van der Waals surface area contributed by atoms with E-state index in [1.54, 1.807) is 0 Å². The molecule has 0 aromatic heterocycles. The van der Waals surface area contributed by atoms with Crippen molar-refractivity contribution in [3.05, 3.63) is 0 Å². The Kier molecular flexibility index (Phi) is 1.32. The summed E-state index contributed by atoms with van der Waals surface area (Å²) in [7, 11) is 1.90. The summed E-state index contributed by atoms with van der Waals surface area (Å²) in [5.41, 5.74) is 0.0389. The fourth-order valence-corrected chi connectivity index (χ4v) is 2.52. The van der Waals surface area contributed by atoms with Crippen molar-refractivity contribution in [1.82, 2.24) is 5.32 Å². The first-order chi connectivity index (χ1) is 5.05. The van der Waals surface area contributed by atoms with Crippen LogP contribution < -0.4 is 5.32 Å². The van der Waals surface area contributed by atoms with Crippen LogP contribution in [0.1, 0.15) is 25.7 Å². The van der Waals surface area contributed by atoms with Gasteiger partial charge in [0.05, 0.1) is 0 Å². The van der Waals surface area contributed by atoms with Gasteiger partial charge >= 0.3 is 0 Å². The van der Waals surface area contributed by atoms with Crippen molar-refractivity contribution in [3.63, 3.8) is 0 Å². The average Bonchev–Trinajstić information content (AvgIpc) is 1.75. The summed E-state index contributed by atoms with van der Waals surface area (Å²) < 4.78 is 24.9. The maximum Gasteiger partial charge on any atom is 0.249 e. The molecule has 2 aliphatic carbocycles. The largest absolute Gasteiger partial charge is 0.317 e. The molecule has 0 amide bonds. The smallest absolute Gasteiger partial charge is 0.249 e. The molecule has 0 aromatic rings. The predicted octanol–water partition coefficient (Wildman–Crippen LogP) is 1.78. The van der Waals surface area contributed by atoms with Gasteiger partial charge in [0, 0.05) is 18.9 Å². The first kappa shape index (κ1) is 7.47. The van der Waals surface area contributed by atoms with Crippen LogP contribution in [0.3, 0.4) is 0 Å². The lowest BCUT2D eigenvalue weighted by molar-refractivity contribution is -0.197. The van der Waals surface area contributed by atoms with Gasteiger partial charge in [0.15, 0.2) is 0 Å². The summed E-state index contributed by atoms with van der Waals surface area (Å²) >= 11 is 0. The van der Waals surface area contributed by atoms with E-state index < -0.39 is 5.92 Å². The summed E-state index contributed by atoms with van der Waals surface area (Å²) in [5, 5.41) is 3.11. The molecule has 0 bridgehead atoms. The van der Waals surface area contributed by atoms with Crippen LogP contribution in [0.15, 0.2) is 0 Å². The standard InChI is InChI=1S/C8H13F2N/c1-11-6-2-7(3-6)4-8(9,10)5-7/h6,11H,2-5H2,1H3. The minimum atomic E-state index is -2.33.